The van der Waals surface area contributed by atoms with Gasteiger partial charge in [0.05, 0.1) is 0 Å². The number of hydrogen-bond acceptors (Lipinski definition) is 1. The monoisotopic (exact) mass is 151 g/mol. The van der Waals surface area contributed by atoms with Crippen LogP contribution in [0.2, 0.25) is 0 Å². The molecule has 2 unspecified atom stereocenters. The summed E-state index contributed by atoms with van der Waals surface area (Å²) >= 11 is 0. The Morgan fingerprint density at radius 3 is 2.45 bits per heavy atom. The largest absolute Gasteiger partial charge is 0.299 e. The van der Waals surface area contributed by atoms with Gasteiger partial charge in [-0.3, -0.25) is 4.90 Å². The van der Waals surface area contributed by atoms with E-state index in [1.54, 1.807) is 0 Å². The van der Waals surface area contributed by atoms with Gasteiger partial charge in [0.15, 0.2) is 0 Å². The summed E-state index contributed by atoms with van der Waals surface area (Å²) < 4.78 is 0. The van der Waals surface area contributed by atoms with Gasteiger partial charge in [0.1, 0.15) is 0 Å². The fraction of sp³-hybridized carbons (Fsp3) is 1.00. The molecule has 2 saturated carbocycles. The van der Waals surface area contributed by atoms with Crippen molar-refractivity contribution in [2.45, 2.75) is 44.7 Å². The third kappa shape index (κ3) is 0.488. The Morgan fingerprint density at radius 1 is 1.27 bits per heavy atom. The van der Waals surface area contributed by atoms with Crippen LogP contribution >= 0.6 is 0 Å². The second kappa shape index (κ2) is 1.66. The van der Waals surface area contributed by atoms with E-state index in [1.807, 2.05) is 0 Å². The molecule has 0 aromatic carbocycles. The lowest BCUT2D eigenvalue weighted by molar-refractivity contribution is -0.0822. The summed E-state index contributed by atoms with van der Waals surface area (Å²) in [5, 5.41) is 0. The normalized spacial score (nSPS) is 61.1. The number of rotatable bonds is 0. The van der Waals surface area contributed by atoms with Crippen LogP contribution in [0, 0.1) is 11.3 Å². The van der Waals surface area contributed by atoms with Crippen molar-refractivity contribution < 1.29 is 0 Å². The van der Waals surface area contributed by atoms with Gasteiger partial charge in [-0.15, -0.1) is 0 Å². The van der Waals surface area contributed by atoms with Crippen LogP contribution in [0.1, 0.15) is 32.6 Å². The van der Waals surface area contributed by atoms with Gasteiger partial charge in [0.2, 0.25) is 0 Å². The van der Waals surface area contributed by atoms with Gasteiger partial charge in [0, 0.05) is 17.5 Å². The fourth-order valence-corrected chi connectivity index (χ4v) is 4.23. The third-order valence-electron chi connectivity index (χ3n) is 4.88. The molecule has 2 bridgehead atoms. The summed E-state index contributed by atoms with van der Waals surface area (Å²) in [5.41, 5.74) is 0.805. The van der Waals surface area contributed by atoms with Crippen LogP contribution in [-0.2, 0) is 0 Å². The van der Waals surface area contributed by atoms with E-state index in [0.717, 1.165) is 23.4 Å². The molecule has 3 rings (SSSR count). The van der Waals surface area contributed by atoms with Gasteiger partial charge in [-0.25, -0.2) is 0 Å². The Kier molecular flexibility index (Phi) is 0.976. The van der Waals surface area contributed by atoms with Crippen molar-refractivity contribution in [1.82, 2.24) is 4.90 Å². The molecule has 0 N–H and O–H groups in total. The molecule has 1 nitrogen and oxygen atoms in total. The van der Waals surface area contributed by atoms with Gasteiger partial charge in [-0.05, 0) is 45.6 Å². The Morgan fingerprint density at radius 2 is 1.91 bits per heavy atom. The molecular weight excluding hydrogens is 134 g/mol. The van der Waals surface area contributed by atoms with Gasteiger partial charge >= 0.3 is 0 Å². The van der Waals surface area contributed by atoms with E-state index in [4.69, 9.17) is 0 Å². The molecule has 1 saturated heterocycles. The Balaban J connectivity index is 2.00. The zero-order valence-electron chi connectivity index (χ0n) is 7.51. The highest BCUT2D eigenvalue weighted by Crippen LogP contribution is 2.65. The molecule has 0 amide bonds. The average Bonchev–Trinajstić information content (AvgIpc) is 2.54. The summed E-state index contributed by atoms with van der Waals surface area (Å²) in [6.07, 6.45) is 6.13. The number of likely N-dealkylation sites (tertiary alicyclic amines) is 1. The predicted octanol–water partition coefficient (Wildman–Crippen LogP) is 1.88. The zero-order valence-corrected chi connectivity index (χ0v) is 7.51. The summed E-state index contributed by atoms with van der Waals surface area (Å²) in [5.74, 6) is 1.08. The molecule has 3 fully saturated rings. The average molecular weight is 151 g/mol. The molecule has 1 heterocycles. The third-order valence-corrected chi connectivity index (χ3v) is 4.88. The first-order chi connectivity index (χ1) is 5.26. The van der Waals surface area contributed by atoms with E-state index in [2.05, 4.69) is 18.9 Å². The molecule has 62 valence electrons. The zero-order chi connectivity index (χ0) is 7.64. The lowest BCUT2D eigenvalue weighted by atomic mass is 9.68. The molecule has 2 aliphatic carbocycles. The molecule has 0 aromatic rings. The van der Waals surface area contributed by atoms with Crippen molar-refractivity contribution in [2.75, 3.05) is 7.05 Å². The van der Waals surface area contributed by atoms with Gasteiger partial charge < -0.3 is 0 Å². The first kappa shape index (κ1) is 6.47. The van der Waals surface area contributed by atoms with E-state index < -0.39 is 0 Å². The van der Waals surface area contributed by atoms with Crippen LogP contribution in [0.5, 0.6) is 0 Å². The summed E-state index contributed by atoms with van der Waals surface area (Å²) in [6, 6.07) is 1.89. The minimum Gasteiger partial charge on any atom is -0.299 e. The molecule has 0 radical (unpaired) electrons. The van der Waals surface area contributed by atoms with Crippen LogP contribution in [0.15, 0.2) is 0 Å². The Hall–Kier alpha value is -0.0400. The van der Waals surface area contributed by atoms with Crippen molar-refractivity contribution in [3.8, 4) is 0 Å². The maximum absolute atomic E-state index is 2.62. The quantitative estimate of drug-likeness (QED) is 0.511. The molecule has 1 heteroatoms. The van der Waals surface area contributed by atoms with Crippen molar-refractivity contribution in [1.29, 1.82) is 0 Å². The molecule has 0 spiro atoms. The van der Waals surface area contributed by atoms with Crippen LogP contribution in [0.3, 0.4) is 0 Å². The highest BCUT2D eigenvalue weighted by Gasteiger charge is 2.65. The number of nitrogens with zero attached hydrogens (tertiary/aromatic N) is 1. The summed E-state index contributed by atoms with van der Waals surface area (Å²) in [6.45, 7) is 2.42. The van der Waals surface area contributed by atoms with E-state index in [0.29, 0.717) is 0 Å². The van der Waals surface area contributed by atoms with Crippen molar-refractivity contribution in [3.05, 3.63) is 0 Å². The van der Waals surface area contributed by atoms with E-state index >= 15 is 0 Å². The molecule has 3 aliphatic rings. The van der Waals surface area contributed by atoms with E-state index in [-0.39, 0.29) is 0 Å². The summed E-state index contributed by atoms with van der Waals surface area (Å²) in [7, 11) is 2.32. The highest BCUT2D eigenvalue weighted by molar-refractivity contribution is 5.19. The van der Waals surface area contributed by atoms with Crippen molar-refractivity contribution >= 4 is 0 Å². The van der Waals surface area contributed by atoms with E-state index in [1.165, 1.54) is 25.7 Å². The lowest BCUT2D eigenvalue weighted by Crippen LogP contribution is -2.65. The molecule has 1 aliphatic heterocycles. The second-order valence-electron chi connectivity index (χ2n) is 4.86. The van der Waals surface area contributed by atoms with Gasteiger partial charge in [-0.1, -0.05) is 0 Å². The first-order valence-electron chi connectivity index (χ1n) is 4.98. The van der Waals surface area contributed by atoms with Crippen molar-refractivity contribution in [2.24, 2.45) is 11.3 Å². The molecule has 0 aromatic heterocycles. The standard InChI is InChI=1S/C10H17N/c1-7-10-5-3-8(4-6-10)9(10)11(7)2/h7-9H,3-6H2,1-2H3. The minimum atomic E-state index is 0.805. The smallest absolute Gasteiger partial charge is 0.0195 e. The van der Waals surface area contributed by atoms with Gasteiger partial charge in [0.25, 0.3) is 0 Å². The molecule has 2 atom stereocenters. The van der Waals surface area contributed by atoms with Crippen LogP contribution in [-0.4, -0.2) is 24.0 Å². The second-order valence-corrected chi connectivity index (χ2v) is 4.86. The SMILES string of the molecule is CC1N(C)C2C3CCC12CC3. The van der Waals surface area contributed by atoms with Crippen LogP contribution < -0.4 is 0 Å². The Labute approximate surface area is 68.8 Å². The Bertz CT molecular complexity index is 191. The first-order valence-corrected chi connectivity index (χ1v) is 4.98. The summed E-state index contributed by atoms with van der Waals surface area (Å²) in [4.78, 5) is 2.62. The minimum absolute atomic E-state index is 0.805. The number of hydrogen-bond donors (Lipinski definition) is 0. The lowest BCUT2D eigenvalue weighted by Gasteiger charge is -2.57. The van der Waals surface area contributed by atoms with Crippen LogP contribution in [0.25, 0.3) is 0 Å². The fourth-order valence-electron chi connectivity index (χ4n) is 4.23. The molecular formula is C10H17N. The maximum Gasteiger partial charge on any atom is 0.0195 e. The highest BCUT2D eigenvalue weighted by atomic mass is 15.3. The van der Waals surface area contributed by atoms with Gasteiger partial charge in [-0.2, -0.15) is 0 Å². The topological polar surface area (TPSA) is 3.24 Å². The predicted molar refractivity (Wildman–Crippen MR) is 45.4 cm³/mol. The molecule has 11 heavy (non-hydrogen) atoms. The van der Waals surface area contributed by atoms with Crippen LogP contribution in [0.4, 0.5) is 0 Å². The maximum atomic E-state index is 2.62. The van der Waals surface area contributed by atoms with E-state index in [9.17, 15) is 0 Å². The van der Waals surface area contributed by atoms with Crippen molar-refractivity contribution in [3.63, 3.8) is 0 Å².